The van der Waals surface area contributed by atoms with Crippen molar-refractivity contribution in [1.82, 2.24) is 4.98 Å². The molecule has 2 nitrogen and oxygen atoms in total. The number of aromatic nitrogens is 1. The van der Waals surface area contributed by atoms with Crippen molar-refractivity contribution in [1.29, 1.82) is 0 Å². The Hall–Kier alpha value is -2.24. The first-order valence-corrected chi connectivity index (χ1v) is 5.21. The summed E-state index contributed by atoms with van der Waals surface area (Å²) in [7, 11) is 0. The molecule has 6 heteroatoms. The molecule has 0 spiro atoms. The fraction of sp³-hybridized carbons (Fsp3) is 0.0769. The maximum absolute atomic E-state index is 13.0. The molecule has 0 saturated heterocycles. The predicted molar refractivity (Wildman–Crippen MR) is 59.1 cm³/mol. The molecule has 2 aromatic rings. The summed E-state index contributed by atoms with van der Waals surface area (Å²) in [4.78, 5) is 15.5. The molecule has 0 atom stereocenters. The Morgan fingerprint density at radius 1 is 1.16 bits per heavy atom. The third-order valence-corrected chi connectivity index (χ3v) is 2.46. The minimum Gasteiger partial charge on any atom is -0.289 e. The highest BCUT2D eigenvalue weighted by atomic mass is 19.4. The number of halogens is 4. The highest BCUT2D eigenvalue weighted by molar-refractivity contribution is 6.09. The zero-order valence-electron chi connectivity index (χ0n) is 9.41. The lowest BCUT2D eigenvalue weighted by molar-refractivity contribution is -0.137. The summed E-state index contributed by atoms with van der Waals surface area (Å²) in [5.41, 5.74) is -1.84. The number of hydrogen-bond donors (Lipinski definition) is 0. The van der Waals surface area contributed by atoms with Crippen LogP contribution in [0.5, 0.6) is 0 Å². The molecule has 0 amide bonds. The molecule has 0 N–H and O–H groups in total. The molecule has 1 aromatic carbocycles. The molecule has 0 saturated carbocycles. The Kier molecular flexibility index (Phi) is 3.33. The van der Waals surface area contributed by atoms with Crippen molar-refractivity contribution in [2.75, 3.05) is 0 Å². The maximum atomic E-state index is 13.0. The second kappa shape index (κ2) is 4.79. The van der Waals surface area contributed by atoms with E-state index in [0.29, 0.717) is 6.07 Å². The van der Waals surface area contributed by atoms with E-state index in [1.54, 1.807) is 0 Å². The van der Waals surface area contributed by atoms with E-state index in [4.69, 9.17) is 0 Å². The standard InChI is InChI=1S/C13H7F4NO/c14-9-3-1-2-8(6-9)12(19)10-7-18-5-4-11(10)13(15,16)17/h1-7H. The fourth-order valence-electron chi connectivity index (χ4n) is 1.61. The third kappa shape index (κ3) is 2.78. The molecule has 0 bridgehead atoms. The number of ketones is 1. The summed E-state index contributed by atoms with van der Waals surface area (Å²) < 4.78 is 51.2. The average Bonchev–Trinajstić information content (AvgIpc) is 2.37. The van der Waals surface area contributed by atoms with Crippen molar-refractivity contribution >= 4 is 5.78 Å². The van der Waals surface area contributed by atoms with Gasteiger partial charge < -0.3 is 0 Å². The summed E-state index contributed by atoms with van der Waals surface area (Å²) in [5, 5.41) is 0. The van der Waals surface area contributed by atoms with Gasteiger partial charge in [-0.1, -0.05) is 12.1 Å². The highest BCUT2D eigenvalue weighted by Gasteiger charge is 2.35. The van der Waals surface area contributed by atoms with Crippen LogP contribution in [-0.2, 0) is 6.18 Å². The van der Waals surface area contributed by atoms with Crippen LogP contribution in [-0.4, -0.2) is 10.8 Å². The van der Waals surface area contributed by atoms with E-state index in [1.165, 1.54) is 12.1 Å². The van der Waals surface area contributed by atoms with Gasteiger partial charge in [0.2, 0.25) is 0 Å². The third-order valence-electron chi connectivity index (χ3n) is 2.46. The van der Waals surface area contributed by atoms with Crippen LogP contribution in [0.1, 0.15) is 21.5 Å². The van der Waals surface area contributed by atoms with E-state index < -0.39 is 28.9 Å². The van der Waals surface area contributed by atoms with Crippen LogP contribution in [0, 0.1) is 5.82 Å². The molecule has 0 aliphatic rings. The highest BCUT2D eigenvalue weighted by Crippen LogP contribution is 2.32. The minimum atomic E-state index is -4.67. The summed E-state index contributed by atoms with van der Waals surface area (Å²) >= 11 is 0. The monoisotopic (exact) mass is 269 g/mol. The van der Waals surface area contributed by atoms with E-state index in [-0.39, 0.29) is 5.56 Å². The van der Waals surface area contributed by atoms with Gasteiger partial charge in [0.05, 0.1) is 11.1 Å². The van der Waals surface area contributed by atoms with E-state index in [0.717, 1.165) is 24.5 Å². The molecular weight excluding hydrogens is 262 g/mol. The number of nitrogens with zero attached hydrogens (tertiary/aromatic N) is 1. The Bertz CT molecular complexity index is 622. The molecule has 0 aliphatic heterocycles. The topological polar surface area (TPSA) is 30.0 Å². The second-order valence-corrected chi connectivity index (χ2v) is 3.76. The van der Waals surface area contributed by atoms with Crippen molar-refractivity contribution in [3.05, 3.63) is 65.2 Å². The van der Waals surface area contributed by atoms with Crippen LogP contribution in [0.4, 0.5) is 17.6 Å². The van der Waals surface area contributed by atoms with E-state index in [1.807, 2.05) is 0 Å². The Labute approximate surface area is 105 Å². The van der Waals surface area contributed by atoms with Gasteiger partial charge in [0, 0.05) is 18.0 Å². The Morgan fingerprint density at radius 2 is 1.89 bits per heavy atom. The van der Waals surface area contributed by atoms with Crippen LogP contribution < -0.4 is 0 Å². The lowest BCUT2D eigenvalue weighted by Crippen LogP contribution is -2.14. The normalized spacial score (nSPS) is 11.4. The van der Waals surface area contributed by atoms with Gasteiger partial charge in [-0.3, -0.25) is 9.78 Å². The first-order valence-electron chi connectivity index (χ1n) is 5.21. The SMILES string of the molecule is O=C(c1cccc(F)c1)c1cnccc1C(F)(F)F. The number of carbonyl (C=O) groups is 1. The van der Waals surface area contributed by atoms with Gasteiger partial charge in [-0.15, -0.1) is 0 Å². The Morgan fingerprint density at radius 3 is 2.53 bits per heavy atom. The van der Waals surface area contributed by atoms with E-state index >= 15 is 0 Å². The number of pyridine rings is 1. The van der Waals surface area contributed by atoms with Crippen LogP contribution in [0.3, 0.4) is 0 Å². The quantitative estimate of drug-likeness (QED) is 0.617. The summed E-state index contributed by atoms with van der Waals surface area (Å²) in [6.07, 6.45) is -2.89. The van der Waals surface area contributed by atoms with Crippen molar-refractivity contribution in [2.45, 2.75) is 6.18 Å². The lowest BCUT2D eigenvalue weighted by Gasteiger charge is -2.11. The van der Waals surface area contributed by atoms with Crippen LogP contribution in [0.15, 0.2) is 42.7 Å². The fourth-order valence-corrected chi connectivity index (χ4v) is 1.61. The molecule has 0 fully saturated rings. The zero-order valence-corrected chi connectivity index (χ0v) is 9.41. The summed E-state index contributed by atoms with van der Waals surface area (Å²) in [6, 6.07) is 5.21. The largest absolute Gasteiger partial charge is 0.417 e. The van der Waals surface area contributed by atoms with Crippen LogP contribution >= 0.6 is 0 Å². The Balaban J connectivity index is 2.51. The van der Waals surface area contributed by atoms with Gasteiger partial charge in [-0.25, -0.2) is 4.39 Å². The predicted octanol–water partition coefficient (Wildman–Crippen LogP) is 3.47. The molecule has 1 heterocycles. The number of carbonyl (C=O) groups excluding carboxylic acids is 1. The minimum absolute atomic E-state index is 0.154. The van der Waals surface area contributed by atoms with Gasteiger partial charge in [-0.2, -0.15) is 13.2 Å². The molecule has 98 valence electrons. The molecule has 0 radical (unpaired) electrons. The molecular formula is C13H7F4NO. The number of rotatable bonds is 2. The average molecular weight is 269 g/mol. The molecule has 2 rings (SSSR count). The van der Waals surface area contributed by atoms with Gasteiger partial charge in [0.15, 0.2) is 5.78 Å². The van der Waals surface area contributed by atoms with Gasteiger partial charge in [0.1, 0.15) is 5.82 Å². The van der Waals surface area contributed by atoms with Gasteiger partial charge in [-0.05, 0) is 18.2 Å². The van der Waals surface area contributed by atoms with Crippen molar-refractivity contribution < 1.29 is 22.4 Å². The first kappa shape index (κ1) is 13.2. The molecule has 0 aliphatic carbocycles. The lowest BCUT2D eigenvalue weighted by atomic mass is 10.00. The van der Waals surface area contributed by atoms with Crippen molar-refractivity contribution in [2.24, 2.45) is 0 Å². The van der Waals surface area contributed by atoms with Crippen molar-refractivity contribution in [3.8, 4) is 0 Å². The smallest absolute Gasteiger partial charge is 0.289 e. The summed E-state index contributed by atoms with van der Waals surface area (Å²) in [6.45, 7) is 0. The maximum Gasteiger partial charge on any atom is 0.417 e. The molecule has 0 unspecified atom stereocenters. The number of benzene rings is 1. The van der Waals surface area contributed by atoms with Crippen molar-refractivity contribution in [3.63, 3.8) is 0 Å². The number of alkyl halides is 3. The van der Waals surface area contributed by atoms with E-state index in [9.17, 15) is 22.4 Å². The second-order valence-electron chi connectivity index (χ2n) is 3.76. The van der Waals surface area contributed by atoms with Gasteiger partial charge >= 0.3 is 6.18 Å². The zero-order chi connectivity index (χ0) is 14.0. The first-order chi connectivity index (χ1) is 8.89. The molecule has 19 heavy (non-hydrogen) atoms. The van der Waals surface area contributed by atoms with Gasteiger partial charge in [0.25, 0.3) is 0 Å². The molecule has 1 aromatic heterocycles. The van der Waals surface area contributed by atoms with E-state index in [2.05, 4.69) is 4.98 Å². The summed E-state index contributed by atoms with van der Waals surface area (Å²) in [5.74, 6) is -1.61. The number of hydrogen-bond acceptors (Lipinski definition) is 2. The van der Waals surface area contributed by atoms with Crippen LogP contribution in [0.2, 0.25) is 0 Å². The van der Waals surface area contributed by atoms with Crippen LogP contribution in [0.25, 0.3) is 0 Å².